The Balaban J connectivity index is 1.79. The van der Waals surface area contributed by atoms with Crippen molar-refractivity contribution >= 4 is 28.9 Å². The van der Waals surface area contributed by atoms with Gasteiger partial charge in [-0.25, -0.2) is 0 Å². The highest BCUT2D eigenvalue weighted by atomic mass is 35.5. The molecular weight excluding hydrogens is 276 g/mol. The Kier molecular flexibility index (Phi) is 4.63. The van der Waals surface area contributed by atoms with Gasteiger partial charge in [-0.3, -0.25) is 9.48 Å². The summed E-state index contributed by atoms with van der Waals surface area (Å²) in [6.07, 6.45) is 4.92. The number of aromatic nitrogens is 2. The summed E-state index contributed by atoms with van der Waals surface area (Å²) < 4.78 is 1.84. The molecule has 0 aliphatic rings. The van der Waals surface area contributed by atoms with Gasteiger partial charge >= 0.3 is 0 Å². The van der Waals surface area contributed by atoms with Crippen molar-refractivity contribution in [2.75, 3.05) is 11.1 Å². The van der Waals surface area contributed by atoms with E-state index in [0.717, 1.165) is 18.5 Å². The van der Waals surface area contributed by atoms with E-state index in [2.05, 4.69) is 10.4 Å². The number of nitrogen functional groups attached to an aromatic ring is 1. The number of hydrogen-bond acceptors (Lipinski definition) is 3. The van der Waals surface area contributed by atoms with Crippen LogP contribution in [0.4, 0.5) is 11.4 Å². The predicted octanol–water partition coefficient (Wildman–Crippen LogP) is 2.85. The summed E-state index contributed by atoms with van der Waals surface area (Å²) in [7, 11) is 0. The van der Waals surface area contributed by atoms with E-state index in [1.807, 2.05) is 17.8 Å². The van der Waals surface area contributed by atoms with Gasteiger partial charge in [-0.15, -0.1) is 0 Å². The van der Waals surface area contributed by atoms with Crippen LogP contribution < -0.4 is 11.1 Å². The van der Waals surface area contributed by atoms with Crippen LogP contribution in [0.15, 0.2) is 30.6 Å². The van der Waals surface area contributed by atoms with Crippen molar-refractivity contribution in [2.24, 2.45) is 0 Å². The number of carbonyl (C=O) groups excluding carboxylic acids is 1. The molecule has 106 valence electrons. The van der Waals surface area contributed by atoms with Crippen molar-refractivity contribution < 1.29 is 4.79 Å². The normalized spacial score (nSPS) is 10.5. The van der Waals surface area contributed by atoms with Crippen molar-refractivity contribution in [3.63, 3.8) is 0 Å². The minimum atomic E-state index is -0.0457. The largest absolute Gasteiger partial charge is 0.397 e. The molecule has 6 heteroatoms. The van der Waals surface area contributed by atoms with Crippen LogP contribution in [0, 0.1) is 6.92 Å². The van der Waals surface area contributed by atoms with E-state index < -0.39 is 0 Å². The molecule has 1 aromatic heterocycles. The molecule has 2 rings (SSSR count). The fourth-order valence-corrected chi connectivity index (χ4v) is 1.95. The van der Waals surface area contributed by atoms with E-state index in [-0.39, 0.29) is 5.91 Å². The van der Waals surface area contributed by atoms with Crippen LogP contribution >= 0.6 is 11.6 Å². The number of hydrogen-bond donors (Lipinski definition) is 2. The molecule has 20 heavy (non-hydrogen) atoms. The number of amides is 1. The zero-order chi connectivity index (χ0) is 14.5. The van der Waals surface area contributed by atoms with Gasteiger partial charge in [0.1, 0.15) is 0 Å². The van der Waals surface area contributed by atoms with E-state index in [4.69, 9.17) is 17.3 Å². The first-order valence-corrected chi connectivity index (χ1v) is 6.76. The summed E-state index contributed by atoms with van der Waals surface area (Å²) in [5, 5.41) is 7.45. The Morgan fingerprint density at radius 3 is 2.95 bits per heavy atom. The molecule has 0 saturated heterocycles. The van der Waals surface area contributed by atoms with E-state index in [1.54, 1.807) is 24.4 Å². The highest BCUT2D eigenvalue weighted by molar-refractivity contribution is 6.33. The summed E-state index contributed by atoms with van der Waals surface area (Å²) in [6, 6.07) is 5.05. The number of nitrogens with zero attached hydrogens (tertiary/aromatic N) is 2. The van der Waals surface area contributed by atoms with Gasteiger partial charge in [0.2, 0.25) is 5.91 Å². The summed E-state index contributed by atoms with van der Waals surface area (Å²) in [5.41, 5.74) is 7.91. The third-order valence-electron chi connectivity index (χ3n) is 2.83. The van der Waals surface area contributed by atoms with Crippen LogP contribution in [-0.2, 0) is 11.3 Å². The Morgan fingerprint density at radius 1 is 1.50 bits per heavy atom. The highest BCUT2D eigenvalue weighted by Gasteiger charge is 2.04. The van der Waals surface area contributed by atoms with Crippen molar-refractivity contribution in [2.45, 2.75) is 26.3 Å². The zero-order valence-corrected chi connectivity index (χ0v) is 12.0. The molecule has 0 aliphatic heterocycles. The number of nitrogens with two attached hydrogens (primary N) is 1. The van der Waals surface area contributed by atoms with Crippen molar-refractivity contribution in [1.29, 1.82) is 0 Å². The fourth-order valence-electron chi connectivity index (χ4n) is 1.84. The molecule has 1 heterocycles. The molecule has 1 amide bonds. The maximum Gasteiger partial charge on any atom is 0.224 e. The predicted molar refractivity (Wildman–Crippen MR) is 80.7 cm³/mol. The van der Waals surface area contributed by atoms with Crippen LogP contribution in [0.5, 0.6) is 0 Å². The summed E-state index contributed by atoms with van der Waals surface area (Å²) >= 11 is 5.82. The molecule has 2 aromatic rings. The number of anilines is 2. The Morgan fingerprint density at radius 2 is 2.30 bits per heavy atom. The molecule has 0 aliphatic carbocycles. The lowest BCUT2D eigenvalue weighted by molar-refractivity contribution is -0.116. The fraction of sp³-hybridized carbons (Fsp3) is 0.286. The lowest BCUT2D eigenvalue weighted by atomic mass is 10.2. The van der Waals surface area contributed by atoms with Crippen LogP contribution in [0.2, 0.25) is 5.02 Å². The van der Waals surface area contributed by atoms with Gasteiger partial charge in [0.15, 0.2) is 0 Å². The molecule has 3 N–H and O–H groups in total. The molecule has 0 bridgehead atoms. The average Bonchev–Trinajstić information content (AvgIpc) is 2.80. The second-order valence-corrected chi connectivity index (χ2v) is 5.08. The van der Waals surface area contributed by atoms with Gasteiger partial charge in [-0.05, 0) is 37.1 Å². The zero-order valence-electron chi connectivity index (χ0n) is 11.3. The Bertz CT molecular complexity index is 609. The monoisotopic (exact) mass is 292 g/mol. The number of nitrogens with one attached hydrogen (secondary N) is 1. The lowest BCUT2D eigenvalue weighted by Crippen LogP contribution is -2.12. The Hall–Kier alpha value is -2.01. The van der Waals surface area contributed by atoms with E-state index in [1.165, 1.54) is 0 Å². The number of halogens is 1. The van der Waals surface area contributed by atoms with Gasteiger partial charge in [-0.2, -0.15) is 5.10 Å². The molecule has 0 spiro atoms. The first kappa shape index (κ1) is 14.4. The van der Waals surface area contributed by atoms with Crippen LogP contribution in [-0.4, -0.2) is 15.7 Å². The molecule has 0 fully saturated rings. The standard InChI is InChI=1S/C14H17ClN4O/c1-10-8-17-19(9-10)6-2-3-14(20)18-11-4-5-12(15)13(16)7-11/h4-5,7-9H,2-3,6,16H2,1H3,(H,18,20). The second-order valence-electron chi connectivity index (χ2n) is 4.67. The summed E-state index contributed by atoms with van der Waals surface area (Å²) in [5.74, 6) is -0.0457. The third-order valence-corrected chi connectivity index (χ3v) is 3.18. The van der Waals surface area contributed by atoms with E-state index in [9.17, 15) is 4.79 Å². The van der Waals surface area contributed by atoms with Crippen molar-refractivity contribution in [3.8, 4) is 0 Å². The maximum absolute atomic E-state index is 11.8. The SMILES string of the molecule is Cc1cnn(CCCC(=O)Nc2ccc(Cl)c(N)c2)c1. The number of benzene rings is 1. The second kappa shape index (κ2) is 6.43. The first-order valence-electron chi connectivity index (χ1n) is 6.38. The maximum atomic E-state index is 11.8. The summed E-state index contributed by atoms with van der Waals surface area (Å²) in [6.45, 7) is 2.71. The molecular formula is C14H17ClN4O. The highest BCUT2D eigenvalue weighted by Crippen LogP contribution is 2.22. The smallest absolute Gasteiger partial charge is 0.224 e. The first-order chi connectivity index (χ1) is 9.54. The molecule has 0 unspecified atom stereocenters. The molecule has 0 atom stereocenters. The number of carbonyl (C=O) groups is 1. The van der Waals surface area contributed by atoms with Gasteiger partial charge in [0, 0.05) is 24.8 Å². The molecule has 0 saturated carbocycles. The van der Waals surface area contributed by atoms with Gasteiger partial charge in [0.05, 0.1) is 16.9 Å². The van der Waals surface area contributed by atoms with Crippen molar-refractivity contribution in [3.05, 3.63) is 41.2 Å². The molecule has 1 aromatic carbocycles. The quantitative estimate of drug-likeness (QED) is 0.832. The number of aryl methyl sites for hydroxylation is 2. The van der Waals surface area contributed by atoms with Crippen LogP contribution in [0.3, 0.4) is 0 Å². The average molecular weight is 293 g/mol. The Labute approximate surface area is 122 Å². The topological polar surface area (TPSA) is 72.9 Å². The van der Waals surface area contributed by atoms with Gasteiger partial charge < -0.3 is 11.1 Å². The van der Waals surface area contributed by atoms with Crippen molar-refractivity contribution in [1.82, 2.24) is 9.78 Å². The third kappa shape index (κ3) is 3.99. The van der Waals surface area contributed by atoms with E-state index in [0.29, 0.717) is 22.8 Å². The molecule has 5 nitrogen and oxygen atoms in total. The van der Waals surface area contributed by atoms with Crippen LogP contribution in [0.25, 0.3) is 0 Å². The van der Waals surface area contributed by atoms with Gasteiger partial charge in [0.25, 0.3) is 0 Å². The lowest BCUT2D eigenvalue weighted by Gasteiger charge is -2.07. The number of rotatable bonds is 5. The molecule has 0 radical (unpaired) electrons. The summed E-state index contributed by atoms with van der Waals surface area (Å²) in [4.78, 5) is 11.8. The minimum absolute atomic E-state index is 0.0457. The minimum Gasteiger partial charge on any atom is -0.397 e. The van der Waals surface area contributed by atoms with E-state index >= 15 is 0 Å². The van der Waals surface area contributed by atoms with Gasteiger partial charge in [-0.1, -0.05) is 11.6 Å². The van der Waals surface area contributed by atoms with Crippen LogP contribution in [0.1, 0.15) is 18.4 Å².